The third-order valence-electron chi connectivity index (χ3n) is 4.12. The van der Waals surface area contributed by atoms with Crippen molar-refractivity contribution in [2.24, 2.45) is 5.73 Å². The Bertz CT molecular complexity index is 931. The average molecular weight is 349 g/mol. The van der Waals surface area contributed by atoms with E-state index in [1.54, 1.807) is 19.1 Å². The molecular weight excluding hydrogens is 330 g/mol. The summed E-state index contributed by atoms with van der Waals surface area (Å²) in [6.45, 7) is 3.39. The first kappa shape index (κ1) is 17.4. The fourth-order valence-electron chi connectivity index (χ4n) is 2.64. The molecule has 2 aromatic carbocycles. The largest absolute Gasteiger partial charge is 0.368 e. The SMILES string of the molecule is Cc1onc(-c2ccccc2)c1-c1ccc(C(=O)N[C@@H](C)C(N)=O)cc1. The number of nitrogens with zero attached hydrogens (tertiary/aromatic N) is 1. The summed E-state index contributed by atoms with van der Waals surface area (Å²) in [5, 5.41) is 6.73. The quantitative estimate of drug-likeness (QED) is 0.740. The van der Waals surface area contributed by atoms with Crippen LogP contribution in [0.4, 0.5) is 0 Å². The van der Waals surface area contributed by atoms with Crippen LogP contribution in [0.25, 0.3) is 22.4 Å². The molecule has 0 unspecified atom stereocenters. The maximum atomic E-state index is 12.2. The van der Waals surface area contributed by atoms with Crippen molar-refractivity contribution in [1.82, 2.24) is 10.5 Å². The highest BCUT2D eigenvalue weighted by molar-refractivity contribution is 5.97. The van der Waals surface area contributed by atoms with E-state index in [-0.39, 0.29) is 5.91 Å². The molecule has 0 saturated carbocycles. The second-order valence-corrected chi connectivity index (χ2v) is 6.00. The topological polar surface area (TPSA) is 98.2 Å². The molecule has 0 aliphatic heterocycles. The molecule has 0 radical (unpaired) electrons. The Morgan fingerprint density at radius 3 is 2.31 bits per heavy atom. The molecule has 132 valence electrons. The monoisotopic (exact) mass is 349 g/mol. The van der Waals surface area contributed by atoms with Gasteiger partial charge in [0.05, 0.1) is 5.56 Å². The summed E-state index contributed by atoms with van der Waals surface area (Å²) in [5.74, 6) is -0.237. The van der Waals surface area contributed by atoms with Crippen LogP contribution >= 0.6 is 0 Å². The molecule has 3 rings (SSSR count). The fraction of sp³-hybridized carbons (Fsp3) is 0.150. The van der Waals surface area contributed by atoms with Crippen molar-refractivity contribution in [3.63, 3.8) is 0 Å². The standard InChI is InChI=1S/C20H19N3O3/c1-12(19(21)24)22-20(25)16-10-8-14(9-11-16)17-13(2)26-23-18(17)15-6-4-3-5-7-15/h3-12H,1-2H3,(H2,21,24)(H,22,25)/t12-/m0/s1. The van der Waals surface area contributed by atoms with E-state index in [0.717, 1.165) is 22.4 Å². The van der Waals surface area contributed by atoms with Gasteiger partial charge in [0.2, 0.25) is 5.91 Å². The number of benzene rings is 2. The molecule has 2 amide bonds. The van der Waals surface area contributed by atoms with Crippen LogP contribution in [0.1, 0.15) is 23.0 Å². The Morgan fingerprint density at radius 2 is 1.69 bits per heavy atom. The van der Waals surface area contributed by atoms with Crippen molar-refractivity contribution >= 4 is 11.8 Å². The molecule has 1 heterocycles. The van der Waals surface area contributed by atoms with Gasteiger partial charge < -0.3 is 15.6 Å². The van der Waals surface area contributed by atoms with Gasteiger partial charge in [0.25, 0.3) is 5.91 Å². The maximum Gasteiger partial charge on any atom is 0.251 e. The van der Waals surface area contributed by atoms with Crippen molar-refractivity contribution < 1.29 is 14.1 Å². The lowest BCUT2D eigenvalue weighted by Crippen LogP contribution is -2.42. The number of carbonyl (C=O) groups is 2. The Kier molecular flexibility index (Phi) is 4.84. The van der Waals surface area contributed by atoms with Gasteiger partial charge in [0.1, 0.15) is 17.5 Å². The number of carbonyl (C=O) groups excluding carboxylic acids is 2. The van der Waals surface area contributed by atoms with E-state index >= 15 is 0 Å². The highest BCUT2D eigenvalue weighted by Gasteiger charge is 2.18. The summed E-state index contributed by atoms with van der Waals surface area (Å²) in [4.78, 5) is 23.2. The summed E-state index contributed by atoms with van der Waals surface area (Å²) in [5.41, 5.74) is 9.09. The average Bonchev–Trinajstić information content (AvgIpc) is 3.04. The molecule has 1 atom stereocenters. The second kappa shape index (κ2) is 7.23. The van der Waals surface area contributed by atoms with Crippen LogP contribution in [0.15, 0.2) is 59.1 Å². The van der Waals surface area contributed by atoms with E-state index in [2.05, 4.69) is 10.5 Å². The number of hydrogen-bond donors (Lipinski definition) is 2. The van der Waals surface area contributed by atoms with E-state index in [4.69, 9.17) is 10.3 Å². The minimum atomic E-state index is -0.729. The zero-order valence-corrected chi connectivity index (χ0v) is 14.5. The molecule has 0 aliphatic carbocycles. The van der Waals surface area contributed by atoms with Gasteiger partial charge in [-0.25, -0.2) is 0 Å². The third-order valence-corrected chi connectivity index (χ3v) is 4.12. The molecule has 0 spiro atoms. The third kappa shape index (κ3) is 3.49. The minimum Gasteiger partial charge on any atom is -0.368 e. The van der Waals surface area contributed by atoms with Gasteiger partial charge in [-0.3, -0.25) is 9.59 Å². The van der Waals surface area contributed by atoms with Crippen LogP contribution in [0.3, 0.4) is 0 Å². The Labute approximate surface area is 151 Å². The van der Waals surface area contributed by atoms with Gasteiger partial charge >= 0.3 is 0 Å². The van der Waals surface area contributed by atoms with Crippen molar-refractivity contribution in [2.45, 2.75) is 19.9 Å². The first-order valence-electron chi connectivity index (χ1n) is 8.19. The van der Waals surface area contributed by atoms with E-state index in [1.165, 1.54) is 0 Å². The molecule has 3 aromatic rings. The summed E-state index contributed by atoms with van der Waals surface area (Å²) in [6.07, 6.45) is 0. The van der Waals surface area contributed by atoms with Gasteiger partial charge in [0.15, 0.2) is 0 Å². The first-order valence-corrected chi connectivity index (χ1v) is 8.19. The van der Waals surface area contributed by atoms with Crippen molar-refractivity contribution in [1.29, 1.82) is 0 Å². The zero-order chi connectivity index (χ0) is 18.7. The van der Waals surface area contributed by atoms with Gasteiger partial charge in [-0.1, -0.05) is 47.6 Å². The molecule has 6 nitrogen and oxygen atoms in total. The molecule has 26 heavy (non-hydrogen) atoms. The molecular formula is C20H19N3O3. The van der Waals surface area contributed by atoms with E-state index in [0.29, 0.717) is 11.3 Å². The number of hydrogen-bond acceptors (Lipinski definition) is 4. The number of amides is 2. The van der Waals surface area contributed by atoms with Crippen molar-refractivity contribution in [3.8, 4) is 22.4 Å². The van der Waals surface area contributed by atoms with E-state index < -0.39 is 11.9 Å². The summed E-state index contributed by atoms with van der Waals surface area (Å²) >= 11 is 0. The van der Waals surface area contributed by atoms with Crippen LogP contribution in [0.5, 0.6) is 0 Å². The molecule has 0 bridgehead atoms. The zero-order valence-electron chi connectivity index (χ0n) is 14.5. The summed E-state index contributed by atoms with van der Waals surface area (Å²) < 4.78 is 5.38. The van der Waals surface area contributed by atoms with Crippen LogP contribution in [-0.4, -0.2) is 23.0 Å². The smallest absolute Gasteiger partial charge is 0.251 e. The molecule has 1 aromatic heterocycles. The summed E-state index contributed by atoms with van der Waals surface area (Å²) in [6, 6.07) is 16.1. The lowest BCUT2D eigenvalue weighted by Gasteiger charge is -2.10. The maximum absolute atomic E-state index is 12.2. The number of aryl methyl sites for hydroxylation is 1. The number of aromatic nitrogens is 1. The lowest BCUT2D eigenvalue weighted by atomic mass is 9.98. The number of primary amides is 1. The Balaban J connectivity index is 1.89. The predicted octanol–water partition coefficient (Wildman–Crippen LogP) is 2.92. The predicted molar refractivity (Wildman–Crippen MR) is 98.2 cm³/mol. The van der Waals surface area contributed by atoms with E-state index in [9.17, 15) is 9.59 Å². The molecule has 3 N–H and O–H groups in total. The molecule has 0 saturated heterocycles. The Hall–Kier alpha value is -3.41. The van der Waals surface area contributed by atoms with Crippen LogP contribution in [-0.2, 0) is 4.79 Å². The van der Waals surface area contributed by atoms with Gasteiger partial charge in [-0.15, -0.1) is 0 Å². The molecule has 0 fully saturated rings. The minimum absolute atomic E-state index is 0.354. The van der Waals surface area contributed by atoms with Gasteiger partial charge in [0, 0.05) is 11.1 Å². The molecule has 6 heteroatoms. The summed E-state index contributed by atoms with van der Waals surface area (Å²) in [7, 11) is 0. The van der Waals surface area contributed by atoms with Gasteiger partial charge in [-0.2, -0.15) is 0 Å². The van der Waals surface area contributed by atoms with Crippen molar-refractivity contribution in [3.05, 3.63) is 65.9 Å². The number of nitrogens with one attached hydrogen (secondary N) is 1. The highest BCUT2D eigenvalue weighted by atomic mass is 16.5. The van der Waals surface area contributed by atoms with E-state index in [1.807, 2.05) is 49.4 Å². The van der Waals surface area contributed by atoms with Crippen LogP contribution in [0, 0.1) is 6.92 Å². The van der Waals surface area contributed by atoms with Crippen LogP contribution in [0.2, 0.25) is 0 Å². The second-order valence-electron chi connectivity index (χ2n) is 6.00. The molecule has 0 aliphatic rings. The van der Waals surface area contributed by atoms with Crippen molar-refractivity contribution in [2.75, 3.05) is 0 Å². The normalized spacial score (nSPS) is 11.8. The lowest BCUT2D eigenvalue weighted by molar-refractivity contribution is -0.119. The van der Waals surface area contributed by atoms with Gasteiger partial charge in [-0.05, 0) is 31.5 Å². The number of nitrogens with two attached hydrogens (primary N) is 1. The fourth-order valence-corrected chi connectivity index (χ4v) is 2.64. The highest BCUT2D eigenvalue weighted by Crippen LogP contribution is 2.34. The Morgan fingerprint density at radius 1 is 1.04 bits per heavy atom. The van der Waals surface area contributed by atoms with Crippen LogP contribution < -0.4 is 11.1 Å². The first-order chi connectivity index (χ1) is 12.5. The number of rotatable bonds is 5.